The maximum Gasteiger partial charge on any atom is 0.166 e. The van der Waals surface area contributed by atoms with Gasteiger partial charge < -0.3 is 0 Å². The number of rotatable bonds is 3. The van der Waals surface area contributed by atoms with Crippen molar-refractivity contribution in [2.45, 2.75) is 13.3 Å². The summed E-state index contributed by atoms with van der Waals surface area (Å²) in [7, 11) is 0. The van der Waals surface area contributed by atoms with Gasteiger partial charge in [0, 0.05) is 17.0 Å². The molecule has 0 bridgehead atoms. The van der Waals surface area contributed by atoms with Crippen LogP contribution in [-0.2, 0) is 0 Å². The summed E-state index contributed by atoms with van der Waals surface area (Å²) in [6, 6.07) is 6.89. The van der Waals surface area contributed by atoms with Crippen molar-refractivity contribution in [1.29, 1.82) is 0 Å². The lowest BCUT2D eigenvalue weighted by Gasteiger charge is -1.99. The van der Waals surface area contributed by atoms with Gasteiger partial charge in [0.15, 0.2) is 5.78 Å². The van der Waals surface area contributed by atoms with Crippen LogP contribution in [0.2, 0.25) is 5.02 Å². The smallest absolute Gasteiger partial charge is 0.166 e. The second-order valence-electron chi connectivity index (χ2n) is 3.06. The molecule has 0 spiro atoms. The number of carbonyl (C=O) groups excluding carboxylic acids is 1. The fraction of sp³-hybridized carbons (Fsp3) is 0.182. The van der Waals surface area contributed by atoms with Crippen LogP contribution < -0.4 is 0 Å². The van der Waals surface area contributed by atoms with Crippen LogP contribution in [0.5, 0.6) is 0 Å². The highest BCUT2D eigenvalue weighted by Crippen LogP contribution is 2.12. The SMILES string of the molecule is C=C(C)CC(=O)c1ccc(Cl)cc1. The number of ketones is 1. The van der Waals surface area contributed by atoms with E-state index in [9.17, 15) is 4.79 Å². The lowest BCUT2D eigenvalue weighted by Crippen LogP contribution is -1.98. The first-order valence-corrected chi connectivity index (χ1v) is 4.40. The van der Waals surface area contributed by atoms with Crippen molar-refractivity contribution >= 4 is 17.4 Å². The van der Waals surface area contributed by atoms with Gasteiger partial charge in [-0.25, -0.2) is 0 Å². The van der Waals surface area contributed by atoms with Gasteiger partial charge in [-0.3, -0.25) is 4.79 Å². The van der Waals surface area contributed by atoms with Gasteiger partial charge in [-0.1, -0.05) is 23.8 Å². The van der Waals surface area contributed by atoms with E-state index in [-0.39, 0.29) is 5.78 Å². The Labute approximate surface area is 83.0 Å². The minimum atomic E-state index is 0.0872. The molecule has 0 unspecified atom stereocenters. The summed E-state index contributed by atoms with van der Waals surface area (Å²) in [5, 5.41) is 0.645. The van der Waals surface area contributed by atoms with Crippen LogP contribution in [0.1, 0.15) is 23.7 Å². The van der Waals surface area contributed by atoms with E-state index < -0.39 is 0 Å². The highest BCUT2D eigenvalue weighted by Gasteiger charge is 2.04. The molecule has 1 aromatic carbocycles. The zero-order chi connectivity index (χ0) is 9.84. The van der Waals surface area contributed by atoms with Crippen molar-refractivity contribution < 1.29 is 4.79 Å². The topological polar surface area (TPSA) is 17.1 Å². The van der Waals surface area contributed by atoms with Crippen LogP contribution in [0.4, 0.5) is 0 Å². The first-order valence-electron chi connectivity index (χ1n) is 4.03. The molecule has 0 saturated heterocycles. The van der Waals surface area contributed by atoms with Crippen LogP contribution >= 0.6 is 11.6 Å². The standard InChI is InChI=1S/C11H11ClO/c1-8(2)7-11(13)9-3-5-10(12)6-4-9/h3-6H,1,7H2,2H3. The molecule has 0 heterocycles. The molecule has 0 N–H and O–H groups in total. The van der Waals surface area contributed by atoms with Crippen molar-refractivity contribution in [2.24, 2.45) is 0 Å². The fourth-order valence-corrected chi connectivity index (χ4v) is 1.14. The third-order valence-electron chi connectivity index (χ3n) is 1.63. The Morgan fingerprint density at radius 1 is 1.38 bits per heavy atom. The number of halogens is 1. The van der Waals surface area contributed by atoms with Crippen molar-refractivity contribution in [3.63, 3.8) is 0 Å². The van der Waals surface area contributed by atoms with Gasteiger partial charge >= 0.3 is 0 Å². The van der Waals surface area contributed by atoms with Gasteiger partial charge in [0.25, 0.3) is 0 Å². The zero-order valence-electron chi connectivity index (χ0n) is 7.51. The summed E-state index contributed by atoms with van der Waals surface area (Å²) in [6.45, 7) is 5.53. The van der Waals surface area contributed by atoms with Crippen LogP contribution in [0.15, 0.2) is 36.4 Å². The molecule has 0 atom stereocenters. The van der Waals surface area contributed by atoms with Gasteiger partial charge in [0.2, 0.25) is 0 Å². The molecule has 0 aliphatic heterocycles. The molecular formula is C11H11ClO. The summed E-state index contributed by atoms with van der Waals surface area (Å²) < 4.78 is 0. The Morgan fingerprint density at radius 3 is 2.38 bits per heavy atom. The molecule has 1 rings (SSSR count). The van der Waals surface area contributed by atoms with E-state index in [1.165, 1.54) is 0 Å². The van der Waals surface area contributed by atoms with Crippen LogP contribution in [0.25, 0.3) is 0 Å². The molecular weight excluding hydrogens is 184 g/mol. The minimum absolute atomic E-state index is 0.0872. The molecule has 0 fully saturated rings. The first kappa shape index (κ1) is 10.0. The van der Waals surface area contributed by atoms with Crippen molar-refractivity contribution in [1.82, 2.24) is 0 Å². The largest absolute Gasteiger partial charge is 0.294 e. The van der Waals surface area contributed by atoms with Crippen LogP contribution in [0, 0.1) is 0 Å². The number of allylic oxidation sites excluding steroid dienone is 1. The van der Waals surface area contributed by atoms with E-state index in [1.807, 2.05) is 6.92 Å². The summed E-state index contributed by atoms with van der Waals surface area (Å²) in [4.78, 5) is 11.5. The van der Waals surface area contributed by atoms with Gasteiger partial charge in [0.05, 0.1) is 0 Å². The third kappa shape index (κ3) is 3.03. The molecule has 1 nitrogen and oxygen atoms in total. The Bertz CT molecular complexity index is 324. The monoisotopic (exact) mass is 194 g/mol. The molecule has 0 aromatic heterocycles. The number of Topliss-reactive ketones (excluding diaryl/α,β-unsaturated/α-hetero) is 1. The van der Waals surface area contributed by atoms with Gasteiger partial charge in [-0.15, -0.1) is 0 Å². The zero-order valence-corrected chi connectivity index (χ0v) is 8.27. The number of hydrogen-bond acceptors (Lipinski definition) is 1. The van der Waals surface area contributed by atoms with Gasteiger partial charge in [0.1, 0.15) is 0 Å². The predicted octanol–water partition coefficient (Wildman–Crippen LogP) is 3.49. The van der Waals surface area contributed by atoms with E-state index in [1.54, 1.807) is 24.3 Å². The highest BCUT2D eigenvalue weighted by atomic mass is 35.5. The molecule has 0 amide bonds. The summed E-state index contributed by atoms with van der Waals surface area (Å²) in [5.74, 6) is 0.0872. The molecule has 0 aliphatic carbocycles. The Balaban J connectivity index is 2.78. The number of benzene rings is 1. The lowest BCUT2D eigenvalue weighted by molar-refractivity contribution is 0.0993. The maximum absolute atomic E-state index is 11.5. The summed E-state index contributed by atoms with van der Waals surface area (Å²) in [5.41, 5.74) is 1.56. The molecule has 0 aliphatic rings. The first-order chi connectivity index (χ1) is 6.09. The lowest BCUT2D eigenvalue weighted by atomic mass is 10.1. The number of carbonyl (C=O) groups is 1. The normalized spacial score (nSPS) is 9.69. The third-order valence-corrected chi connectivity index (χ3v) is 1.88. The molecule has 0 radical (unpaired) electrons. The maximum atomic E-state index is 11.5. The molecule has 2 heteroatoms. The summed E-state index contributed by atoms with van der Waals surface area (Å²) >= 11 is 5.69. The van der Waals surface area contributed by atoms with Crippen LogP contribution in [-0.4, -0.2) is 5.78 Å². The van der Waals surface area contributed by atoms with Gasteiger partial charge in [-0.2, -0.15) is 0 Å². The molecule has 0 saturated carbocycles. The van der Waals surface area contributed by atoms with E-state index in [0.29, 0.717) is 17.0 Å². The highest BCUT2D eigenvalue weighted by molar-refractivity contribution is 6.30. The average molecular weight is 195 g/mol. The van der Waals surface area contributed by atoms with Crippen molar-refractivity contribution in [2.75, 3.05) is 0 Å². The van der Waals surface area contributed by atoms with E-state index in [0.717, 1.165) is 5.57 Å². The predicted molar refractivity (Wildman–Crippen MR) is 55.2 cm³/mol. The second-order valence-corrected chi connectivity index (χ2v) is 3.50. The minimum Gasteiger partial charge on any atom is -0.294 e. The summed E-state index contributed by atoms with van der Waals surface area (Å²) in [6.07, 6.45) is 0.404. The molecule has 13 heavy (non-hydrogen) atoms. The molecule has 68 valence electrons. The van der Waals surface area contributed by atoms with Crippen molar-refractivity contribution in [3.05, 3.63) is 47.0 Å². The average Bonchev–Trinajstić information content (AvgIpc) is 2.04. The Kier molecular flexibility index (Phi) is 3.26. The van der Waals surface area contributed by atoms with E-state index >= 15 is 0 Å². The second kappa shape index (κ2) is 4.24. The quantitative estimate of drug-likeness (QED) is 0.532. The fourth-order valence-electron chi connectivity index (χ4n) is 1.01. The van der Waals surface area contributed by atoms with E-state index in [2.05, 4.69) is 6.58 Å². The van der Waals surface area contributed by atoms with Gasteiger partial charge in [-0.05, 0) is 31.2 Å². The number of hydrogen-bond donors (Lipinski definition) is 0. The Hall–Kier alpha value is -1.08. The van der Waals surface area contributed by atoms with Crippen LogP contribution in [0.3, 0.4) is 0 Å². The van der Waals surface area contributed by atoms with Crippen molar-refractivity contribution in [3.8, 4) is 0 Å². The molecule has 1 aromatic rings. The van der Waals surface area contributed by atoms with E-state index in [4.69, 9.17) is 11.6 Å². The Morgan fingerprint density at radius 2 is 1.92 bits per heavy atom.